The maximum absolute atomic E-state index is 12.2. The first-order valence-electron chi connectivity index (χ1n) is 9.11. The zero-order chi connectivity index (χ0) is 17.6. The van der Waals surface area contributed by atoms with Gasteiger partial charge < -0.3 is 14.2 Å². The van der Waals surface area contributed by atoms with Crippen molar-refractivity contribution in [2.24, 2.45) is 5.92 Å². The molecule has 0 aliphatic carbocycles. The Balaban J connectivity index is 1.56. The topological polar surface area (TPSA) is 60.0 Å². The van der Waals surface area contributed by atoms with E-state index in [4.69, 9.17) is 14.2 Å². The number of carbonyl (C=O) groups is 1. The van der Waals surface area contributed by atoms with Crippen LogP contribution >= 0.6 is 0 Å². The van der Waals surface area contributed by atoms with E-state index in [0.717, 1.165) is 6.42 Å². The molecule has 1 amide bonds. The quantitative estimate of drug-likeness (QED) is 0.882. The number of amides is 1. The molecule has 0 bridgehead atoms. The number of hydrogen-bond donors (Lipinski definition) is 1. The molecule has 0 radical (unpaired) electrons. The minimum Gasteiger partial charge on any atom is -0.497 e. The number of nitrogens with zero attached hydrogens (tertiary/aromatic N) is 1. The highest BCUT2D eigenvalue weighted by molar-refractivity contribution is 5.87. The molecule has 2 aliphatic rings. The third-order valence-electron chi connectivity index (χ3n) is 5.30. The van der Waals surface area contributed by atoms with Gasteiger partial charge in [0.1, 0.15) is 11.5 Å². The van der Waals surface area contributed by atoms with Crippen LogP contribution in [-0.2, 0) is 4.74 Å². The molecule has 2 heterocycles. The number of anilines is 1. The number of piperidine rings is 2. The zero-order valence-electron chi connectivity index (χ0n) is 15.1. The van der Waals surface area contributed by atoms with E-state index in [0.29, 0.717) is 35.8 Å². The van der Waals surface area contributed by atoms with Gasteiger partial charge in [0.25, 0.3) is 0 Å². The van der Waals surface area contributed by atoms with Gasteiger partial charge in [-0.15, -0.1) is 0 Å². The lowest BCUT2D eigenvalue weighted by Gasteiger charge is -2.44. The average molecular weight is 348 g/mol. The van der Waals surface area contributed by atoms with Crippen molar-refractivity contribution in [3.8, 4) is 11.5 Å². The molecule has 0 unspecified atom stereocenters. The third-order valence-corrected chi connectivity index (χ3v) is 5.30. The molecule has 2 saturated heterocycles. The molecular formula is C19H28N2O4. The van der Waals surface area contributed by atoms with Crippen LogP contribution in [0.3, 0.4) is 0 Å². The minimum absolute atomic E-state index is 0.437. The summed E-state index contributed by atoms with van der Waals surface area (Å²) in [6, 6.07) is 5.84. The van der Waals surface area contributed by atoms with Crippen LogP contribution in [0.5, 0.6) is 11.5 Å². The largest absolute Gasteiger partial charge is 0.497 e. The Morgan fingerprint density at radius 2 is 2.00 bits per heavy atom. The summed E-state index contributed by atoms with van der Waals surface area (Å²) in [5, 5.41) is 2.77. The Morgan fingerprint density at radius 3 is 2.80 bits per heavy atom. The first-order chi connectivity index (χ1) is 12.2. The second-order valence-electron chi connectivity index (χ2n) is 6.79. The van der Waals surface area contributed by atoms with Gasteiger partial charge in [-0.1, -0.05) is 6.42 Å². The molecule has 6 nitrogen and oxygen atoms in total. The van der Waals surface area contributed by atoms with Gasteiger partial charge in [0, 0.05) is 18.0 Å². The van der Waals surface area contributed by atoms with E-state index in [2.05, 4.69) is 10.2 Å². The second-order valence-corrected chi connectivity index (χ2v) is 6.79. The molecule has 1 aromatic carbocycles. The molecule has 0 spiro atoms. The number of nitrogens with one attached hydrogen (secondary N) is 1. The summed E-state index contributed by atoms with van der Waals surface area (Å²) in [6.45, 7) is 2.85. The molecule has 25 heavy (non-hydrogen) atoms. The summed E-state index contributed by atoms with van der Waals surface area (Å²) in [5.74, 6) is 1.67. The van der Waals surface area contributed by atoms with Gasteiger partial charge in [-0.2, -0.15) is 0 Å². The Hall–Kier alpha value is -1.95. The SMILES string of the molecule is COc1ccc(OC)c(NC(=O)OC[C@H]2CCCN3CCCC[C@H]23)c1. The molecule has 1 N–H and O–H groups in total. The van der Waals surface area contributed by atoms with Crippen LogP contribution in [0.25, 0.3) is 0 Å². The molecule has 1 aromatic rings. The van der Waals surface area contributed by atoms with Crippen LogP contribution in [0.4, 0.5) is 10.5 Å². The standard InChI is InChI=1S/C19H28N2O4/c1-23-15-8-9-18(24-2)16(12-15)20-19(22)25-13-14-6-5-11-21-10-4-3-7-17(14)21/h8-9,12,14,17H,3-7,10-11,13H2,1-2H3,(H,20,22)/t14-,17-/m1/s1. The third kappa shape index (κ3) is 4.37. The van der Waals surface area contributed by atoms with Gasteiger partial charge in [-0.05, 0) is 50.9 Å². The molecule has 138 valence electrons. The molecule has 0 saturated carbocycles. The van der Waals surface area contributed by atoms with E-state index in [1.54, 1.807) is 32.4 Å². The summed E-state index contributed by atoms with van der Waals surface area (Å²) >= 11 is 0. The van der Waals surface area contributed by atoms with Crippen LogP contribution in [-0.4, -0.2) is 51.0 Å². The fourth-order valence-electron chi connectivity index (χ4n) is 4.01. The second kappa shape index (κ2) is 8.43. The maximum atomic E-state index is 12.2. The van der Waals surface area contributed by atoms with Crippen LogP contribution in [0.1, 0.15) is 32.1 Å². The van der Waals surface area contributed by atoms with Gasteiger partial charge in [0.05, 0.1) is 26.5 Å². The van der Waals surface area contributed by atoms with Crippen molar-refractivity contribution < 1.29 is 19.0 Å². The van der Waals surface area contributed by atoms with Crippen molar-refractivity contribution in [3.05, 3.63) is 18.2 Å². The van der Waals surface area contributed by atoms with Crippen LogP contribution < -0.4 is 14.8 Å². The van der Waals surface area contributed by atoms with Gasteiger partial charge in [-0.3, -0.25) is 10.2 Å². The fraction of sp³-hybridized carbons (Fsp3) is 0.632. The Morgan fingerprint density at radius 1 is 1.16 bits per heavy atom. The van der Waals surface area contributed by atoms with E-state index in [9.17, 15) is 4.79 Å². The summed E-state index contributed by atoms with van der Waals surface area (Å²) in [7, 11) is 3.15. The number of hydrogen-bond acceptors (Lipinski definition) is 5. The van der Waals surface area contributed by atoms with Crippen molar-refractivity contribution in [1.82, 2.24) is 4.90 Å². The van der Waals surface area contributed by atoms with E-state index >= 15 is 0 Å². The van der Waals surface area contributed by atoms with Gasteiger partial charge in [-0.25, -0.2) is 4.79 Å². The van der Waals surface area contributed by atoms with E-state index in [1.807, 2.05) is 0 Å². The first kappa shape index (κ1) is 17.9. The maximum Gasteiger partial charge on any atom is 0.411 e. The van der Waals surface area contributed by atoms with Gasteiger partial charge >= 0.3 is 6.09 Å². The number of rotatable bonds is 5. The van der Waals surface area contributed by atoms with Crippen molar-refractivity contribution >= 4 is 11.8 Å². The summed E-state index contributed by atoms with van der Waals surface area (Å²) in [4.78, 5) is 14.8. The molecule has 2 atom stereocenters. The van der Waals surface area contributed by atoms with Crippen LogP contribution in [0.2, 0.25) is 0 Å². The van der Waals surface area contributed by atoms with Gasteiger partial charge in [0.2, 0.25) is 0 Å². The number of ether oxygens (including phenoxy) is 3. The number of methoxy groups -OCH3 is 2. The summed E-state index contributed by atoms with van der Waals surface area (Å²) < 4.78 is 16.0. The highest BCUT2D eigenvalue weighted by atomic mass is 16.5. The van der Waals surface area contributed by atoms with Crippen LogP contribution in [0, 0.1) is 5.92 Å². The summed E-state index contributed by atoms with van der Waals surface area (Å²) in [5.41, 5.74) is 0.551. The highest BCUT2D eigenvalue weighted by Gasteiger charge is 2.33. The molecule has 2 fully saturated rings. The molecule has 3 rings (SSSR count). The van der Waals surface area contributed by atoms with Crippen molar-refractivity contribution in [2.45, 2.75) is 38.1 Å². The Bertz CT molecular complexity index is 591. The monoisotopic (exact) mass is 348 g/mol. The lowest BCUT2D eigenvalue weighted by molar-refractivity contribution is 0.0261. The van der Waals surface area contributed by atoms with E-state index < -0.39 is 6.09 Å². The predicted octanol–water partition coefficient (Wildman–Crippen LogP) is 3.52. The zero-order valence-corrected chi connectivity index (χ0v) is 15.1. The average Bonchev–Trinajstić information content (AvgIpc) is 2.66. The molecular weight excluding hydrogens is 320 g/mol. The van der Waals surface area contributed by atoms with Crippen molar-refractivity contribution in [2.75, 3.05) is 39.2 Å². The fourth-order valence-corrected chi connectivity index (χ4v) is 4.01. The van der Waals surface area contributed by atoms with Gasteiger partial charge in [0.15, 0.2) is 0 Å². The molecule has 6 heteroatoms. The number of fused-ring (bicyclic) bond motifs is 1. The van der Waals surface area contributed by atoms with Crippen molar-refractivity contribution in [3.63, 3.8) is 0 Å². The Labute approximate surface area is 149 Å². The lowest BCUT2D eigenvalue weighted by atomic mass is 9.84. The first-order valence-corrected chi connectivity index (χ1v) is 9.11. The van der Waals surface area contributed by atoms with Crippen LogP contribution in [0.15, 0.2) is 18.2 Å². The predicted molar refractivity (Wildman–Crippen MR) is 96.5 cm³/mol. The van der Waals surface area contributed by atoms with Crippen molar-refractivity contribution in [1.29, 1.82) is 0 Å². The minimum atomic E-state index is -0.445. The smallest absolute Gasteiger partial charge is 0.411 e. The lowest BCUT2D eigenvalue weighted by Crippen LogP contribution is -2.49. The summed E-state index contributed by atoms with van der Waals surface area (Å²) in [6.07, 6.45) is 5.68. The highest BCUT2D eigenvalue weighted by Crippen LogP contribution is 2.32. The normalized spacial score (nSPS) is 23.4. The number of carbonyl (C=O) groups excluding carboxylic acids is 1. The molecule has 0 aromatic heterocycles. The number of benzene rings is 1. The van der Waals surface area contributed by atoms with E-state index in [-0.39, 0.29) is 0 Å². The molecule has 2 aliphatic heterocycles. The Kier molecular flexibility index (Phi) is 6.02. The van der Waals surface area contributed by atoms with E-state index in [1.165, 1.54) is 38.8 Å².